The van der Waals surface area contributed by atoms with E-state index in [0.717, 1.165) is 5.92 Å². The normalized spacial score (nSPS) is 27.7. The Morgan fingerprint density at radius 3 is 2.60 bits per heavy atom. The Kier molecular flexibility index (Phi) is 4.58. The largest absolute Gasteiger partial charge is 0.347 e. The Balaban J connectivity index is 2.33. The van der Waals surface area contributed by atoms with E-state index in [-0.39, 0.29) is 11.9 Å². The van der Waals surface area contributed by atoms with Crippen molar-refractivity contribution in [3.8, 4) is 0 Å². The minimum atomic E-state index is -0.0411. The zero-order chi connectivity index (χ0) is 11.4. The van der Waals surface area contributed by atoms with E-state index in [1.54, 1.807) is 4.90 Å². The Labute approximate surface area is 93.2 Å². The Bertz CT molecular complexity index is 216. The number of hydrogen-bond donors (Lipinski definition) is 1. The predicted octanol–water partition coefficient (Wildman–Crippen LogP) is 1.63. The minimum Gasteiger partial charge on any atom is -0.347 e. The van der Waals surface area contributed by atoms with E-state index in [1.165, 1.54) is 25.7 Å². The van der Waals surface area contributed by atoms with E-state index in [9.17, 15) is 4.79 Å². The highest BCUT2D eigenvalue weighted by Crippen LogP contribution is 2.28. The number of carbonyl (C=O) groups is 1. The molecule has 0 bridgehead atoms. The summed E-state index contributed by atoms with van der Waals surface area (Å²) in [7, 11) is 3.62. The van der Waals surface area contributed by atoms with Gasteiger partial charge in [0.1, 0.15) is 0 Å². The third-order valence-corrected chi connectivity index (χ3v) is 3.42. The quantitative estimate of drug-likeness (QED) is 0.768. The van der Waals surface area contributed by atoms with Crippen LogP contribution in [-0.2, 0) is 4.79 Å². The molecule has 1 aliphatic rings. The first kappa shape index (κ1) is 12.5. The molecule has 1 N–H and O–H groups in total. The van der Waals surface area contributed by atoms with Crippen molar-refractivity contribution in [2.45, 2.75) is 51.6 Å². The molecule has 0 aromatic carbocycles. The number of nitrogens with zero attached hydrogens (tertiary/aromatic N) is 1. The molecule has 0 radical (unpaired) electrons. The first-order valence-electron chi connectivity index (χ1n) is 6.01. The fourth-order valence-electron chi connectivity index (χ4n) is 2.41. The number of carbonyl (C=O) groups excluding carboxylic acids is 1. The molecule has 0 aromatic heterocycles. The van der Waals surface area contributed by atoms with Crippen molar-refractivity contribution in [1.29, 1.82) is 0 Å². The Morgan fingerprint density at radius 2 is 2.13 bits per heavy atom. The third kappa shape index (κ3) is 3.49. The first-order valence-corrected chi connectivity index (χ1v) is 6.01. The smallest absolute Gasteiger partial charge is 0.238 e. The van der Waals surface area contributed by atoms with Crippen LogP contribution < -0.4 is 5.32 Å². The van der Waals surface area contributed by atoms with Crippen LogP contribution in [0.5, 0.6) is 0 Å². The first-order chi connectivity index (χ1) is 7.04. The van der Waals surface area contributed by atoms with Gasteiger partial charge in [-0.3, -0.25) is 4.79 Å². The number of rotatable bonds is 4. The van der Waals surface area contributed by atoms with Crippen LogP contribution in [-0.4, -0.2) is 37.0 Å². The van der Waals surface area contributed by atoms with E-state index in [2.05, 4.69) is 12.2 Å². The molecule has 0 saturated heterocycles. The van der Waals surface area contributed by atoms with Crippen molar-refractivity contribution < 1.29 is 4.79 Å². The molecule has 3 atom stereocenters. The van der Waals surface area contributed by atoms with Crippen molar-refractivity contribution >= 4 is 5.91 Å². The highest BCUT2D eigenvalue weighted by atomic mass is 16.2. The number of nitrogens with one attached hydrogen (secondary N) is 1. The van der Waals surface area contributed by atoms with Crippen LogP contribution in [0.1, 0.15) is 39.5 Å². The zero-order valence-electron chi connectivity index (χ0n) is 10.4. The number of hydrogen-bond acceptors (Lipinski definition) is 2. The summed E-state index contributed by atoms with van der Waals surface area (Å²) in [4.78, 5) is 13.3. The molecule has 0 aromatic rings. The maximum Gasteiger partial charge on any atom is 0.238 e. The average Bonchev–Trinajstić information content (AvgIpc) is 2.64. The van der Waals surface area contributed by atoms with Gasteiger partial charge in [-0.15, -0.1) is 0 Å². The van der Waals surface area contributed by atoms with Gasteiger partial charge in [-0.05, 0) is 32.1 Å². The second-order valence-electron chi connectivity index (χ2n) is 4.91. The van der Waals surface area contributed by atoms with Gasteiger partial charge in [0.25, 0.3) is 0 Å². The number of amides is 1. The molecule has 15 heavy (non-hydrogen) atoms. The second-order valence-corrected chi connectivity index (χ2v) is 4.91. The molecule has 3 heteroatoms. The van der Waals surface area contributed by atoms with Crippen molar-refractivity contribution in [2.75, 3.05) is 14.1 Å². The molecule has 1 aliphatic carbocycles. The van der Waals surface area contributed by atoms with Gasteiger partial charge in [0.15, 0.2) is 0 Å². The summed E-state index contributed by atoms with van der Waals surface area (Å²) < 4.78 is 0. The van der Waals surface area contributed by atoms with Crippen molar-refractivity contribution in [3.63, 3.8) is 0 Å². The molecule has 0 spiro atoms. The van der Waals surface area contributed by atoms with Crippen molar-refractivity contribution in [2.24, 2.45) is 5.92 Å². The van der Waals surface area contributed by atoms with Crippen LogP contribution >= 0.6 is 0 Å². The zero-order valence-corrected chi connectivity index (χ0v) is 10.4. The molecule has 1 amide bonds. The third-order valence-electron chi connectivity index (χ3n) is 3.42. The molecular weight excluding hydrogens is 188 g/mol. The summed E-state index contributed by atoms with van der Waals surface area (Å²) in [6.07, 6.45) is 5.05. The van der Waals surface area contributed by atoms with Gasteiger partial charge in [-0.2, -0.15) is 0 Å². The van der Waals surface area contributed by atoms with Crippen LogP contribution in [0.2, 0.25) is 0 Å². The lowest BCUT2D eigenvalue weighted by Crippen LogP contribution is -2.45. The van der Waals surface area contributed by atoms with E-state index in [4.69, 9.17) is 0 Å². The lowest BCUT2D eigenvalue weighted by Gasteiger charge is -2.21. The van der Waals surface area contributed by atoms with Gasteiger partial charge in [-0.25, -0.2) is 0 Å². The highest BCUT2D eigenvalue weighted by molar-refractivity contribution is 5.80. The summed E-state index contributed by atoms with van der Waals surface area (Å²) in [5.41, 5.74) is 0. The lowest BCUT2D eigenvalue weighted by molar-refractivity contribution is -0.130. The van der Waals surface area contributed by atoms with Gasteiger partial charge < -0.3 is 10.2 Å². The highest BCUT2D eigenvalue weighted by Gasteiger charge is 2.26. The van der Waals surface area contributed by atoms with E-state index in [1.807, 2.05) is 21.0 Å². The summed E-state index contributed by atoms with van der Waals surface area (Å²) in [6.45, 7) is 4.21. The van der Waals surface area contributed by atoms with E-state index < -0.39 is 0 Å². The fraction of sp³-hybridized carbons (Fsp3) is 0.917. The van der Waals surface area contributed by atoms with Crippen LogP contribution in [0.3, 0.4) is 0 Å². The molecule has 3 nitrogen and oxygen atoms in total. The Hall–Kier alpha value is -0.570. The second kappa shape index (κ2) is 5.50. The monoisotopic (exact) mass is 212 g/mol. The van der Waals surface area contributed by atoms with Crippen molar-refractivity contribution in [1.82, 2.24) is 10.2 Å². The predicted molar refractivity (Wildman–Crippen MR) is 62.7 cm³/mol. The molecule has 0 heterocycles. The minimum absolute atomic E-state index is 0.0411. The topological polar surface area (TPSA) is 32.3 Å². The van der Waals surface area contributed by atoms with Gasteiger partial charge in [0.05, 0.1) is 6.04 Å². The molecule has 0 aliphatic heterocycles. The molecule has 88 valence electrons. The van der Waals surface area contributed by atoms with Gasteiger partial charge >= 0.3 is 0 Å². The average molecular weight is 212 g/mol. The lowest BCUT2D eigenvalue weighted by atomic mass is 10.1. The van der Waals surface area contributed by atoms with E-state index in [0.29, 0.717) is 6.04 Å². The summed E-state index contributed by atoms with van der Waals surface area (Å²) in [5.74, 6) is 1.04. The molecule has 2 unspecified atom stereocenters. The van der Waals surface area contributed by atoms with Gasteiger partial charge in [0, 0.05) is 20.1 Å². The van der Waals surface area contributed by atoms with Crippen LogP contribution in [0, 0.1) is 5.92 Å². The number of likely N-dealkylation sites (N-methyl/N-ethyl adjacent to an activating group) is 1. The van der Waals surface area contributed by atoms with Gasteiger partial charge in [-0.1, -0.05) is 13.3 Å². The van der Waals surface area contributed by atoms with Crippen LogP contribution in [0.25, 0.3) is 0 Å². The van der Waals surface area contributed by atoms with Crippen molar-refractivity contribution in [3.05, 3.63) is 0 Å². The summed E-state index contributed by atoms with van der Waals surface area (Å²) in [6, 6.07) is 0.509. The molecular formula is C12H24N2O. The van der Waals surface area contributed by atoms with Crippen LogP contribution in [0.4, 0.5) is 0 Å². The standard InChI is InChI=1S/C12H24N2O/c1-5-10-6-7-11(8-10)13-9(2)12(15)14(3)4/h9-11,13H,5-8H2,1-4H3/t9-,10?,11?/m1/s1. The molecule has 1 fully saturated rings. The Morgan fingerprint density at radius 1 is 1.47 bits per heavy atom. The van der Waals surface area contributed by atoms with Gasteiger partial charge in [0.2, 0.25) is 5.91 Å². The molecule has 1 rings (SSSR count). The maximum absolute atomic E-state index is 11.6. The fourth-order valence-corrected chi connectivity index (χ4v) is 2.41. The van der Waals surface area contributed by atoms with E-state index >= 15 is 0 Å². The summed E-state index contributed by atoms with van der Waals surface area (Å²) in [5, 5.41) is 3.43. The maximum atomic E-state index is 11.6. The summed E-state index contributed by atoms with van der Waals surface area (Å²) >= 11 is 0. The van der Waals surface area contributed by atoms with Crippen LogP contribution in [0.15, 0.2) is 0 Å². The SMILES string of the molecule is CCC1CCC(N[C@H](C)C(=O)N(C)C)C1. The molecule has 1 saturated carbocycles.